The van der Waals surface area contributed by atoms with Crippen LogP contribution in [0, 0.1) is 5.82 Å². The van der Waals surface area contributed by atoms with Gasteiger partial charge >= 0.3 is 0 Å². The smallest absolute Gasteiger partial charge is 0.210 e. The number of rotatable bonds is 5. The van der Waals surface area contributed by atoms with Crippen molar-refractivity contribution >= 4 is 17.3 Å². The van der Waals surface area contributed by atoms with Crippen molar-refractivity contribution in [3.63, 3.8) is 0 Å². The highest BCUT2D eigenvalue weighted by Gasteiger charge is 2.25. The second-order valence-electron chi connectivity index (χ2n) is 7.04. The molecule has 2 aromatic heterocycles. The van der Waals surface area contributed by atoms with Crippen molar-refractivity contribution in [1.29, 1.82) is 0 Å². The number of anilines is 2. The quantitative estimate of drug-likeness (QED) is 0.721. The molecule has 0 aliphatic carbocycles. The minimum atomic E-state index is -0.240. The predicted octanol–water partition coefficient (Wildman–Crippen LogP) is 2.04. The first kappa shape index (κ1) is 17.2. The zero-order valence-electron chi connectivity index (χ0n) is 15.6. The van der Waals surface area contributed by atoms with Gasteiger partial charge in [0.05, 0.1) is 18.9 Å². The highest BCUT2D eigenvalue weighted by Crippen LogP contribution is 2.31. The van der Waals surface area contributed by atoms with Gasteiger partial charge in [0, 0.05) is 44.3 Å². The van der Waals surface area contributed by atoms with Crippen LogP contribution >= 0.6 is 0 Å². The van der Waals surface area contributed by atoms with Crippen LogP contribution in [0.5, 0.6) is 5.75 Å². The first-order chi connectivity index (χ1) is 13.7. The molecular weight excluding hydrogens is 363 g/mol. The number of fused-ring (bicyclic) bond motifs is 2. The Morgan fingerprint density at radius 3 is 3.18 bits per heavy atom. The lowest BCUT2D eigenvalue weighted by Gasteiger charge is -2.19. The molecule has 28 heavy (non-hydrogen) atoms. The van der Waals surface area contributed by atoms with Crippen molar-refractivity contribution in [3.8, 4) is 5.75 Å². The summed E-state index contributed by atoms with van der Waals surface area (Å²) in [5, 5.41) is 11.5. The van der Waals surface area contributed by atoms with Crippen LogP contribution in [-0.2, 0) is 17.7 Å². The highest BCUT2D eigenvalue weighted by molar-refractivity contribution is 5.70. The molecule has 5 rings (SSSR count). The van der Waals surface area contributed by atoms with E-state index in [0.29, 0.717) is 31.1 Å². The number of nitrogens with one attached hydrogen (secondary N) is 1. The molecule has 8 nitrogen and oxygen atoms in total. The lowest BCUT2D eigenvalue weighted by atomic mass is 10.0. The Morgan fingerprint density at radius 2 is 2.32 bits per heavy atom. The van der Waals surface area contributed by atoms with Crippen LogP contribution in [0.2, 0.25) is 0 Å². The fraction of sp³-hybridized carbons (Fsp3) is 0.421. The molecule has 0 radical (unpaired) electrons. The molecule has 1 saturated heterocycles. The third kappa shape index (κ3) is 2.82. The molecule has 1 aromatic carbocycles. The summed E-state index contributed by atoms with van der Waals surface area (Å²) in [5.41, 5.74) is 3.18. The number of hydrogen-bond acceptors (Lipinski definition) is 7. The zero-order valence-corrected chi connectivity index (χ0v) is 15.6. The van der Waals surface area contributed by atoms with Gasteiger partial charge in [-0.1, -0.05) is 0 Å². The Bertz CT molecular complexity index is 1020. The first-order valence-electron chi connectivity index (χ1n) is 9.38. The summed E-state index contributed by atoms with van der Waals surface area (Å²) in [6.45, 7) is 2.59. The molecule has 2 aliphatic rings. The highest BCUT2D eigenvalue weighted by atomic mass is 19.1. The minimum absolute atomic E-state index is 0.214. The minimum Gasteiger partial charge on any atom is -0.493 e. The standard InChI is InChI=1S/C19H21FN6O2/c1-27-12-4-6-25(10-12)16-9-22-19(26-11-23-24-18(16)26)21-8-14-13-5-7-28-17(13)3-2-15(14)20/h2-3,9,11-12H,4-8,10H2,1H3,(H,21,22). The first-order valence-corrected chi connectivity index (χ1v) is 9.38. The second kappa shape index (κ2) is 6.90. The van der Waals surface area contributed by atoms with Crippen LogP contribution in [0.3, 0.4) is 0 Å². The third-order valence-electron chi connectivity index (χ3n) is 5.50. The van der Waals surface area contributed by atoms with Gasteiger partial charge in [-0.3, -0.25) is 0 Å². The van der Waals surface area contributed by atoms with Gasteiger partial charge in [0.1, 0.15) is 23.6 Å². The third-order valence-corrected chi connectivity index (χ3v) is 5.50. The second-order valence-corrected chi connectivity index (χ2v) is 7.04. The molecule has 1 N–H and O–H groups in total. The van der Waals surface area contributed by atoms with Crippen molar-refractivity contribution < 1.29 is 13.9 Å². The Balaban J connectivity index is 1.42. The van der Waals surface area contributed by atoms with E-state index in [1.165, 1.54) is 6.07 Å². The monoisotopic (exact) mass is 384 g/mol. The Morgan fingerprint density at radius 1 is 1.39 bits per heavy atom. The van der Waals surface area contributed by atoms with Gasteiger partial charge in [-0.2, -0.15) is 0 Å². The molecule has 0 bridgehead atoms. The molecule has 1 unspecified atom stereocenters. The zero-order chi connectivity index (χ0) is 19.1. The number of methoxy groups -OCH3 is 1. The molecule has 0 amide bonds. The Hall–Kier alpha value is -2.94. The summed E-state index contributed by atoms with van der Waals surface area (Å²) in [6.07, 6.45) is 5.31. The van der Waals surface area contributed by atoms with Crippen LogP contribution < -0.4 is 15.0 Å². The molecule has 0 spiro atoms. The van der Waals surface area contributed by atoms with E-state index in [1.807, 2.05) is 0 Å². The summed E-state index contributed by atoms with van der Waals surface area (Å²) in [6, 6.07) is 3.14. The number of benzene rings is 1. The molecule has 1 atom stereocenters. The largest absolute Gasteiger partial charge is 0.493 e. The van der Waals surface area contributed by atoms with Gasteiger partial charge in [0.25, 0.3) is 0 Å². The van der Waals surface area contributed by atoms with Crippen molar-refractivity contribution in [1.82, 2.24) is 19.6 Å². The van der Waals surface area contributed by atoms with E-state index < -0.39 is 0 Å². The number of aromatic nitrogens is 4. The van der Waals surface area contributed by atoms with E-state index in [2.05, 4.69) is 25.4 Å². The van der Waals surface area contributed by atoms with Gasteiger partial charge in [-0.25, -0.2) is 13.8 Å². The van der Waals surface area contributed by atoms with E-state index in [4.69, 9.17) is 9.47 Å². The maximum Gasteiger partial charge on any atom is 0.210 e. The summed E-state index contributed by atoms with van der Waals surface area (Å²) >= 11 is 0. The van der Waals surface area contributed by atoms with Crippen LogP contribution in [0.15, 0.2) is 24.7 Å². The lowest BCUT2D eigenvalue weighted by Crippen LogP contribution is -2.23. The van der Waals surface area contributed by atoms with Gasteiger partial charge in [-0.05, 0) is 18.6 Å². The fourth-order valence-electron chi connectivity index (χ4n) is 3.97. The van der Waals surface area contributed by atoms with Crippen molar-refractivity contribution in [2.75, 3.05) is 37.0 Å². The summed E-state index contributed by atoms with van der Waals surface area (Å²) < 4.78 is 27.2. The predicted molar refractivity (Wildman–Crippen MR) is 101 cm³/mol. The lowest BCUT2D eigenvalue weighted by molar-refractivity contribution is 0.121. The summed E-state index contributed by atoms with van der Waals surface area (Å²) in [4.78, 5) is 6.75. The van der Waals surface area contributed by atoms with Gasteiger partial charge in [-0.15, -0.1) is 10.2 Å². The summed E-state index contributed by atoms with van der Waals surface area (Å²) in [5.74, 6) is 1.09. The van der Waals surface area contributed by atoms with Crippen molar-refractivity contribution in [2.45, 2.75) is 25.5 Å². The Kier molecular flexibility index (Phi) is 4.23. The van der Waals surface area contributed by atoms with E-state index in [-0.39, 0.29) is 11.9 Å². The van der Waals surface area contributed by atoms with Gasteiger partial charge < -0.3 is 19.7 Å². The van der Waals surface area contributed by atoms with Crippen LogP contribution in [0.25, 0.3) is 5.65 Å². The molecule has 3 aromatic rings. The maximum atomic E-state index is 14.4. The molecule has 0 saturated carbocycles. The molecule has 4 heterocycles. The van der Waals surface area contributed by atoms with E-state index >= 15 is 0 Å². The van der Waals surface area contributed by atoms with E-state index in [9.17, 15) is 4.39 Å². The molecule has 146 valence electrons. The van der Waals surface area contributed by atoms with Crippen molar-refractivity contribution in [3.05, 3.63) is 41.6 Å². The van der Waals surface area contributed by atoms with Crippen LogP contribution in [0.4, 0.5) is 16.0 Å². The van der Waals surface area contributed by atoms with Crippen LogP contribution in [-0.4, -0.2) is 52.5 Å². The normalized spacial score (nSPS) is 18.5. The molecular formula is C19H21FN6O2. The number of halogens is 1. The average molecular weight is 384 g/mol. The fourth-order valence-corrected chi connectivity index (χ4v) is 3.97. The molecule has 1 fully saturated rings. The summed E-state index contributed by atoms with van der Waals surface area (Å²) in [7, 11) is 1.73. The maximum absolute atomic E-state index is 14.4. The number of nitrogens with zero attached hydrogens (tertiary/aromatic N) is 5. The van der Waals surface area contributed by atoms with E-state index in [1.54, 1.807) is 30.1 Å². The topological polar surface area (TPSA) is 76.8 Å². The van der Waals surface area contributed by atoms with Crippen molar-refractivity contribution in [2.24, 2.45) is 0 Å². The molecule has 2 aliphatic heterocycles. The molecule has 9 heteroatoms. The van der Waals surface area contributed by atoms with Crippen LogP contribution in [0.1, 0.15) is 17.5 Å². The van der Waals surface area contributed by atoms with Gasteiger partial charge in [0.2, 0.25) is 5.95 Å². The van der Waals surface area contributed by atoms with Gasteiger partial charge in [0.15, 0.2) is 5.65 Å². The average Bonchev–Trinajstić information content (AvgIpc) is 3.46. The number of ether oxygens (including phenoxy) is 2. The van der Waals surface area contributed by atoms with E-state index in [0.717, 1.165) is 42.2 Å². The SMILES string of the molecule is COC1CCN(c2cnc(NCc3c(F)ccc4c3CCO4)n3cnnc23)C1. The number of hydrogen-bond donors (Lipinski definition) is 1. The Labute approximate surface area is 161 Å².